The molecule has 0 radical (unpaired) electrons. The fourth-order valence-electron chi connectivity index (χ4n) is 6.50. The highest BCUT2D eigenvalue weighted by molar-refractivity contribution is 6.38. The van der Waals surface area contributed by atoms with Crippen molar-refractivity contribution in [2.75, 3.05) is 29.9 Å². The first-order valence-electron chi connectivity index (χ1n) is 14.7. The van der Waals surface area contributed by atoms with Gasteiger partial charge in [0.25, 0.3) is 0 Å². The van der Waals surface area contributed by atoms with E-state index in [9.17, 15) is 9.59 Å². The number of aryl methyl sites for hydroxylation is 1. The quantitative estimate of drug-likeness (QED) is 0.274. The average molecular weight is 619 g/mol. The van der Waals surface area contributed by atoms with E-state index in [2.05, 4.69) is 21.9 Å². The minimum absolute atomic E-state index is 0.00712. The third kappa shape index (κ3) is 4.63. The number of hydrogen-bond donors (Lipinski definition) is 1. The maximum absolute atomic E-state index is 17.3. The number of pyridine rings is 1. The number of benzene rings is 2. The predicted octanol–water partition coefficient (Wildman–Crippen LogP) is 6.22. The van der Waals surface area contributed by atoms with Gasteiger partial charge in [0.2, 0.25) is 5.91 Å². The summed E-state index contributed by atoms with van der Waals surface area (Å²) in [5, 5.41) is 3.67. The molecule has 2 atom stereocenters. The van der Waals surface area contributed by atoms with Crippen molar-refractivity contribution in [1.82, 2.24) is 19.4 Å². The number of anilines is 2. The van der Waals surface area contributed by atoms with E-state index in [1.807, 2.05) is 32.6 Å². The monoisotopic (exact) mass is 618 g/mol. The number of fused-ring (bicyclic) bond motifs is 2. The van der Waals surface area contributed by atoms with Gasteiger partial charge >= 0.3 is 5.69 Å². The molecule has 2 aliphatic heterocycles. The lowest BCUT2D eigenvalue weighted by molar-refractivity contribution is -0.128. The van der Waals surface area contributed by atoms with E-state index < -0.39 is 17.3 Å². The van der Waals surface area contributed by atoms with Crippen LogP contribution >= 0.6 is 11.6 Å². The second kappa shape index (κ2) is 11.3. The molecule has 2 aromatic heterocycles. The summed E-state index contributed by atoms with van der Waals surface area (Å²) in [6.07, 6.45) is 3.52. The second-order valence-electron chi connectivity index (χ2n) is 11.7. The lowest BCUT2D eigenvalue weighted by Gasteiger charge is -2.47. The van der Waals surface area contributed by atoms with Crippen molar-refractivity contribution in [2.24, 2.45) is 0 Å². The zero-order valence-corrected chi connectivity index (χ0v) is 25.8. The van der Waals surface area contributed by atoms with Crippen LogP contribution in [0, 0.1) is 18.6 Å². The third-order valence-electron chi connectivity index (χ3n) is 8.61. The Labute approximate surface area is 259 Å². The molecule has 1 fully saturated rings. The maximum Gasteiger partial charge on any atom is 0.354 e. The Balaban J connectivity index is 1.76. The van der Waals surface area contributed by atoms with Gasteiger partial charge < -0.3 is 15.1 Å². The molecule has 44 heavy (non-hydrogen) atoms. The van der Waals surface area contributed by atoms with E-state index in [1.165, 1.54) is 28.8 Å². The van der Waals surface area contributed by atoms with Crippen LogP contribution in [0.1, 0.15) is 44.4 Å². The van der Waals surface area contributed by atoms with E-state index in [0.29, 0.717) is 54.1 Å². The van der Waals surface area contributed by atoms with Crippen LogP contribution in [0.3, 0.4) is 0 Å². The molecular formula is C33H33ClF2N6O2. The molecule has 0 saturated carbocycles. The van der Waals surface area contributed by atoms with E-state index in [1.54, 1.807) is 23.2 Å². The highest BCUT2D eigenvalue weighted by atomic mass is 35.5. The van der Waals surface area contributed by atoms with Crippen molar-refractivity contribution in [3.8, 4) is 16.8 Å². The van der Waals surface area contributed by atoms with Gasteiger partial charge in [-0.05, 0) is 50.0 Å². The minimum Gasteiger partial charge on any atom is -0.383 e. The topological polar surface area (TPSA) is 83.4 Å². The van der Waals surface area contributed by atoms with Gasteiger partial charge in [0, 0.05) is 49.0 Å². The van der Waals surface area contributed by atoms with Crippen molar-refractivity contribution < 1.29 is 13.6 Å². The van der Waals surface area contributed by atoms with Gasteiger partial charge in [0.1, 0.15) is 17.2 Å². The molecule has 0 bridgehead atoms. The second-order valence-corrected chi connectivity index (χ2v) is 12.1. The Bertz CT molecular complexity index is 1890. The molecule has 11 heteroatoms. The lowest BCUT2D eigenvalue weighted by Crippen LogP contribution is -2.60. The lowest BCUT2D eigenvalue weighted by atomic mass is 9.96. The smallest absolute Gasteiger partial charge is 0.354 e. The normalized spacial score (nSPS) is 18.1. The minimum atomic E-state index is -0.843. The molecule has 0 aliphatic carbocycles. The number of carbonyl (C=O) groups excluding carboxylic acids is 1. The molecule has 1 amide bonds. The molecule has 4 heterocycles. The Morgan fingerprint density at radius 3 is 2.66 bits per heavy atom. The standard InChI is InChI=1S/C33H33ClF2N6O2/c1-6-23(43)40-16-20-12-14-38-29-25-31(27(36)24(26(29)34)21-9-7-8-10-22(21)35)42(30-18(4)11-13-37-28(30)17(2)3)33(44)39-32(25)41(20)15-19(40)5/h6-11,13,17,19-20,38H,1,12,14-16H2,2-5H3. The number of aromatic nitrogens is 3. The summed E-state index contributed by atoms with van der Waals surface area (Å²) in [5.41, 5.74) is 1.14. The Morgan fingerprint density at radius 1 is 1.20 bits per heavy atom. The van der Waals surface area contributed by atoms with Crippen LogP contribution in [0.4, 0.5) is 20.3 Å². The molecule has 1 saturated heterocycles. The summed E-state index contributed by atoms with van der Waals surface area (Å²) in [7, 11) is 0. The van der Waals surface area contributed by atoms with Crippen LogP contribution in [0.5, 0.6) is 0 Å². The zero-order chi connectivity index (χ0) is 31.4. The first-order chi connectivity index (χ1) is 21.0. The number of nitrogens with zero attached hydrogens (tertiary/aromatic N) is 5. The van der Waals surface area contributed by atoms with Crippen molar-refractivity contribution in [2.45, 2.75) is 52.1 Å². The van der Waals surface area contributed by atoms with Gasteiger partial charge in [0.15, 0.2) is 5.82 Å². The van der Waals surface area contributed by atoms with Crippen molar-refractivity contribution in [3.05, 3.63) is 87.6 Å². The van der Waals surface area contributed by atoms with Crippen LogP contribution in [-0.2, 0) is 4.79 Å². The molecule has 2 unspecified atom stereocenters. The van der Waals surface area contributed by atoms with Crippen molar-refractivity contribution in [3.63, 3.8) is 0 Å². The average Bonchev–Trinajstić information content (AvgIpc) is 2.98. The molecule has 228 valence electrons. The maximum atomic E-state index is 17.3. The molecule has 0 spiro atoms. The highest BCUT2D eigenvalue weighted by Crippen LogP contribution is 2.47. The number of amides is 1. The number of carbonyl (C=O) groups is 1. The third-order valence-corrected chi connectivity index (χ3v) is 8.99. The first kappa shape index (κ1) is 29.7. The summed E-state index contributed by atoms with van der Waals surface area (Å²) < 4.78 is 33.8. The molecule has 4 aromatic rings. The highest BCUT2D eigenvalue weighted by Gasteiger charge is 2.38. The van der Waals surface area contributed by atoms with Crippen LogP contribution in [0.25, 0.3) is 27.7 Å². The zero-order valence-electron chi connectivity index (χ0n) is 25.0. The van der Waals surface area contributed by atoms with Crippen molar-refractivity contribution in [1.29, 1.82) is 0 Å². The van der Waals surface area contributed by atoms with Crippen LogP contribution < -0.4 is 15.9 Å². The van der Waals surface area contributed by atoms with Crippen LogP contribution in [-0.4, -0.2) is 57.1 Å². The molecule has 2 aliphatic rings. The van der Waals surface area contributed by atoms with Gasteiger partial charge in [-0.3, -0.25) is 14.3 Å². The number of halogens is 3. The first-order valence-corrected chi connectivity index (χ1v) is 15.0. The SMILES string of the molecule is C=CC(=O)N1CC2CCNc3c(Cl)c(-c4ccccc4F)c(F)c4c3c(nc(=O)n4-c3c(C)ccnc3C(C)C)N2CC1C. The van der Waals surface area contributed by atoms with Crippen LogP contribution in [0.15, 0.2) is 54.0 Å². The molecular weight excluding hydrogens is 586 g/mol. The van der Waals surface area contributed by atoms with Gasteiger partial charge in [-0.25, -0.2) is 13.6 Å². The Morgan fingerprint density at radius 2 is 1.95 bits per heavy atom. The molecule has 1 N–H and O–H groups in total. The number of hydrogen-bond acceptors (Lipinski definition) is 6. The van der Waals surface area contributed by atoms with E-state index in [4.69, 9.17) is 11.6 Å². The number of rotatable bonds is 4. The summed E-state index contributed by atoms with van der Waals surface area (Å²) >= 11 is 6.99. The number of piperazine rings is 1. The molecule has 2 aromatic carbocycles. The van der Waals surface area contributed by atoms with Gasteiger partial charge in [0.05, 0.1) is 27.5 Å². The summed E-state index contributed by atoms with van der Waals surface area (Å²) in [6.45, 7) is 12.4. The predicted molar refractivity (Wildman–Crippen MR) is 170 cm³/mol. The van der Waals surface area contributed by atoms with Crippen LogP contribution in [0.2, 0.25) is 5.02 Å². The largest absolute Gasteiger partial charge is 0.383 e. The fraction of sp³-hybridized carbons (Fsp3) is 0.333. The molecule has 6 rings (SSSR count). The molecule has 8 nitrogen and oxygen atoms in total. The summed E-state index contributed by atoms with van der Waals surface area (Å²) in [5.74, 6) is -1.51. The number of nitrogens with one attached hydrogen (secondary N) is 1. The summed E-state index contributed by atoms with van der Waals surface area (Å²) in [4.78, 5) is 39.8. The van der Waals surface area contributed by atoms with E-state index in [0.717, 1.165) is 0 Å². The van der Waals surface area contributed by atoms with Gasteiger partial charge in [-0.15, -0.1) is 0 Å². The fourth-order valence-corrected chi connectivity index (χ4v) is 6.84. The van der Waals surface area contributed by atoms with E-state index in [-0.39, 0.29) is 51.4 Å². The van der Waals surface area contributed by atoms with Gasteiger partial charge in [-0.1, -0.05) is 50.2 Å². The summed E-state index contributed by atoms with van der Waals surface area (Å²) in [6, 6.07) is 7.14. The van der Waals surface area contributed by atoms with Crippen molar-refractivity contribution >= 4 is 39.9 Å². The Hall–Kier alpha value is -4.31. The Kier molecular flexibility index (Phi) is 7.65. The van der Waals surface area contributed by atoms with Gasteiger partial charge in [-0.2, -0.15) is 4.98 Å². The van der Waals surface area contributed by atoms with E-state index >= 15 is 8.78 Å².